The molecular formula is C21H16N4O4S. The van der Waals surface area contributed by atoms with Gasteiger partial charge < -0.3 is 10.6 Å². The molecule has 150 valence electrons. The van der Waals surface area contributed by atoms with E-state index in [0.29, 0.717) is 16.9 Å². The average Bonchev–Trinajstić information content (AvgIpc) is 2.74. The maximum atomic E-state index is 12.3. The van der Waals surface area contributed by atoms with E-state index in [1.54, 1.807) is 48.5 Å². The monoisotopic (exact) mass is 420 g/mol. The van der Waals surface area contributed by atoms with Crippen molar-refractivity contribution in [1.82, 2.24) is 5.32 Å². The van der Waals surface area contributed by atoms with E-state index in [0.717, 1.165) is 0 Å². The molecule has 3 aromatic carbocycles. The molecule has 0 heterocycles. The summed E-state index contributed by atoms with van der Waals surface area (Å²) in [5, 5.41) is 18.9. The van der Waals surface area contributed by atoms with Crippen LogP contribution >= 0.6 is 12.2 Å². The largest absolute Gasteiger partial charge is 0.332 e. The topological polar surface area (TPSA) is 113 Å². The molecule has 8 nitrogen and oxygen atoms in total. The summed E-state index contributed by atoms with van der Waals surface area (Å²) in [6.07, 6.45) is 0. The van der Waals surface area contributed by atoms with E-state index >= 15 is 0 Å². The number of nitro benzene ring substituents is 1. The van der Waals surface area contributed by atoms with Crippen LogP contribution in [0, 0.1) is 10.1 Å². The van der Waals surface area contributed by atoms with Gasteiger partial charge in [0.2, 0.25) is 0 Å². The number of hydrogen-bond acceptors (Lipinski definition) is 5. The fourth-order valence-corrected chi connectivity index (χ4v) is 2.75. The Labute approximate surface area is 177 Å². The summed E-state index contributed by atoms with van der Waals surface area (Å²) < 4.78 is 0. The smallest absolute Gasteiger partial charge is 0.269 e. The minimum atomic E-state index is -0.544. The van der Waals surface area contributed by atoms with Crippen LogP contribution in [-0.2, 0) is 0 Å². The third kappa shape index (κ3) is 5.46. The van der Waals surface area contributed by atoms with Crippen molar-refractivity contribution in [2.45, 2.75) is 0 Å². The van der Waals surface area contributed by atoms with Crippen LogP contribution in [-0.4, -0.2) is 21.9 Å². The highest BCUT2D eigenvalue weighted by atomic mass is 32.1. The Bertz CT molecular complexity index is 1100. The molecule has 0 unspecified atom stereocenters. The minimum absolute atomic E-state index is 0.0462. The van der Waals surface area contributed by atoms with E-state index in [1.807, 2.05) is 6.07 Å². The third-order valence-corrected chi connectivity index (χ3v) is 4.19. The Balaban J connectivity index is 1.60. The van der Waals surface area contributed by atoms with E-state index in [4.69, 9.17) is 12.2 Å². The van der Waals surface area contributed by atoms with Gasteiger partial charge in [0.1, 0.15) is 0 Å². The standard InChI is InChI=1S/C21H16N4O4S/c26-19(14-5-2-1-3-6-14)22-16-7-4-8-17(13-16)23-21(30)24-20(27)15-9-11-18(12-10-15)25(28)29/h1-13H,(H,22,26)(H2,23,24,27,30). The van der Waals surface area contributed by atoms with Crippen LogP contribution in [0.5, 0.6) is 0 Å². The molecule has 0 spiro atoms. The lowest BCUT2D eigenvalue weighted by Gasteiger charge is -2.11. The molecule has 0 aliphatic carbocycles. The van der Waals surface area contributed by atoms with Crippen LogP contribution in [0.25, 0.3) is 0 Å². The molecule has 0 aromatic heterocycles. The molecule has 0 aliphatic rings. The summed E-state index contributed by atoms with van der Waals surface area (Å²) >= 11 is 5.15. The highest BCUT2D eigenvalue weighted by Crippen LogP contribution is 2.16. The summed E-state index contributed by atoms with van der Waals surface area (Å²) in [5.74, 6) is -0.752. The second-order valence-corrected chi connectivity index (χ2v) is 6.52. The van der Waals surface area contributed by atoms with Crippen molar-refractivity contribution < 1.29 is 14.5 Å². The Hall–Kier alpha value is -4.11. The molecule has 3 aromatic rings. The zero-order chi connectivity index (χ0) is 21.5. The molecule has 30 heavy (non-hydrogen) atoms. The maximum Gasteiger partial charge on any atom is 0.269 e. The Morgan fingerprint density at radius 2 is 1.37 bits per heavy atom. The number of thiocarbonyl (C=S) groups is 1. The Kier molecular flexibility index (Phi) is 6.46. The fourth-order valence-electron chi connectivity index (χ4n) is 2.54. The number of benzene rings is 3. The van der Waals surface area contributed by atoms with E-state index in [2.05, 4.69) is 16.0 Å². The molecule has 3 N–H and O–H groups in total. The molecule has 3 rings (SSSR count). The van der Waals surface area contributed by atoms with E-state index in [9.17, 15) is 19.7 Å². The maximum absolute atomic E-state index is 12.3. The lowest BCUT2D eigenvalue weighted by molar-refractivity contribution is -0.384. The first-order valence-electron chi connectivity index (χ1n) is 8.75. The number of anilines is 2. The van der Waals surface area contributed by atoms with Gasteiger partial charge in [0.25, 0.3) is 17.5 Å². The number of nitrogens with zero attached hydrogens (tertiary/aromatic N) is 1. The Morgan fingerprint density at radius 1 is 0.767 bits per heavy atom. The molecule has 0 atom stereocenters. The summed E-state index contributed by atoms with van der Waals surface area (Å²) in [7, 11) is 0. The van der Waals surface area contributed by atoms with Crippen LogP contribution in [0.15, 0.2) is 78.9 Å². The molecule has 0 radical (unpaired) electrons. The summed E-state index contributed by atoms with van der Waals surface area (Å²) in [6, 6.07) is 20.8. The van der Waals surface area contributed by atoms with Crippen molar-refractivity contribution in [1.29, 1.82) is 0 Å². The lowest BCUT2D eigenvalue weighted by atomic mass is 10.2. The summed E-state index contributed by atoms with van der Waals surface area (Å²) in [4.78, 5) is 34.6. The normalized spacial score (nSPS) is 10.0. The lowest BCUT2D eigenvalue weighted by Crippen LogP contribution is -2.34. The number of nitro groups is 1. The first kappa shape index (κ1) is 20.6. The average molecular weight is 420 g/mol. The highest BCUT2D eigenvalue weighted by molar-refractivity contribution is 7.80. The second kappa shape index (κ2) is 9.39. The predicted octanol–water partition coefficient (Wildman–Crippen LogP) is 3.97. The predicted molar refractivity (Wildman–Crippen MR) is 118 cm³/mol. The van der Waals surface area contributed by atoms with Crippen molar-refractivity contribution in [3.05, 3.63) is 100 Å². The number of rotatable bonds is 5. The second-order valence-electron chi connectivity index (χ2n) is 6.11. The molecule has 0 saturated heterocycles. The number of nitrogens with one attached hydrogen (secondary N) is 3. The van der Waals surface area contributed by atoms with Crippen molar-refractivity contribution in [2.75, 3.05) is 10.6 Å². The molecular weight excluding hydrogens is 404 g/mol. The van der Waals surface area contributed by atoms with Crippen LogP contribution in [0.2, 0.25) is 0 Å². The van der Waals surface area contributed by atoms with Gasteiger partial charge in [-0.1, -0.05) is 24.3 Å². The molecule has 2 amide bonds. The quantitative estimate of drug-likeness (QED) is 0.327. The van der Waals surface area contributed by atoms with Crippen LogP contribution in [0.4, 0.5) is 17.1 Å². The number of amides is 2. The number of carbonyl (C=O) groups excluding carboxylic acids is 2. The fraction of sp³-hybridized carbons (Fsp3) is 0. The van der Waals surface area contributed by atoms with Crippen LogP contribution < -0.4 is 16.0 Å². The molecule has 0 bridgehead atoms. The van der Waals surface area contributed by atoms with Crippen molar-refractivity contribution >= 4 is 46.2 Å². The van der Waals surface area contributed by atoms with Crippen molar-refractivity contribution in [3.8, 4) is 0 Å². The molecule has 0 aliphatic heterocycles. The zero-order valence-corrected chi connectivity index (χ0v) is 16.3. The van der Waals surface area contributed by atoms with E-state index < -0.39 is 10.8 Å². The van der Waals surface area contributed by atoms with E-state index in [-0.39, 0.29) is 22.3 Å². The van der Waals surface area contributed by atoms with Gasteiger partial charge in [-0.15, -0.1) is 0 Å². The van der Waals surface area contributed by atoms with Gasteiger partial charge in [0, 0.05) is 34.6 Å². The first-order chi connectivity index (χ1) is 14.4. The molecule has 0 fully saturated rings. The number of hydrogen-bond donors (Lipinski definition) is 3. The van der Waals surface area contributed by atoms with Crippen molar-refractivity contribution in [2.24, 2.45) is 0 Å². The summed E-state index contributed by atoms with van der Waals surface area (Å²) in [6.45, 7) is 0. The van der Waals surface area contributed by atoms with Gasteiger partial charge in [0.15, 0.2) is 5.11 Å². The van der Waals surface area contributed by atoms with Gasteiger partial charge in [0.05, 0.1) is 4.92 Å². The highest BCUT2D eigenvalue weighted by Gasteiger charge is 2.11. The minimum Gasteiger partial charge on any atom is -0.332 e. The van der Waals surface area contributed by atoms with E-state index in [1.165, 1.54) is 24.3 Å². The van der Waals surface area contributed by atoms with Gasteiger partial charge >= 0.3 is 0 Å². The Morgan fingerprint density at radius 3 is 2.00 bits per heavy atom. The number of non-ortho nitro benzene ring substituents is 1. The SMILES string of the molecule is O=C(NC(=S)Nc1cccc(NC(=O)c2ccccc2)c1)c1ccc([N+](=O)[O-])cc1. The van der Waals surface area contributed by atoms with Gasteiger partial charge in [-0.25, -0.2) is 0 Å². The molecule has 0 saturated carbocycles. The zero-order valence-electron chi connectivity index (χ0n) is 15.5. The summed E-state index contributed by atoms with van der Waals surface area (Å²) in [5.41, 5.74) is 1.77. The van der Waals surface area contributed by atoms with Gasteiger partial charge in [-0.05, 0) is 54.7 Å². The first-order valence-corrected chi connectivity index (χ1v) is 9.16. The van der Waals surface area contributed by atoms with Crippen LogP contribution in [0.3, 0.4) is 0 Å². The van der Waals surface area contributed by atoms with Gasteiger partial charge in [-0.3, -0.25) is 25.0 Å². The van der Waals surface area contributed by atoms with Gasteiger partial charge in [-0.2, -0.15) is 0 Å². The molecule has 9 heteroatoms. The van der Waals surface area contributed by atoms with Crippen molar-refractivity contribution in [3.63, 3.8) is 0 Å². The van der Waals surface area contributed by atoms with Crippen LogP contribution in [0.1, 0.15) is 20.7 Å². The number of carbonyl (C=O) groups is 2. The third-order valence-electron chi connectivity index (χ3n) is 3.98.